The highest BCUT2D eigenvalue weighted by Crippen LogP contribution is 2.33. The van der Waals surface area contributed by atoms with Crippen molar-refractivity contribution in [3.8, 4) is 5.75 Å². The molecule has 0 saturated carbocycles. The maximum atomic E-state index is 13.2. The van der Waals surface area contributed by atoms with Gasteiger partial charge in [-0.3, -0.25) is 4.79 Å². The van der Waals surface area contributed by atoms with Crippen molar-refractivity contribution < 1.29 is 13.9 Å². The van der Waals surface area contributed by atoms with Crippen molar-refractivity contribution >= 4 is 11.6 Å². The molecule has 0 unspecified atom stereocenters. The summed E-state index contributed by atoms with van der Waals surface area (Å²) < 4.78 is 18.7. The molecule has 0 spiro atoms. The van der Waals surface area contributed by atoms with Crippen molar-refractivity contribution in [3.05, 3.63) is 59.4 Å². The number of halogens is 1. The lowest BCUT2D eigenvalue weighted by Crippen LogP contribution is -2.38. The topological polar surface area (TPSA) is 29.5 Å². The van der Waals surface area contributed by atoms with Crippen LogP contribution in [0.15, 0.2) is 42.5 Å². The molecule has 1 aliphatic heterocycles. The van der Waals surface area contributed by atoms with Crippen molar-refractivity contribution in [1.29, 1.82) is 0 Å². The van der Waals surface area contributed by atoms with E-state index >= 15 is 0 Å². The summed E-state index contributed by atoms with van der Waals surface area (Å²) in [5.41, 5.74) is 2.56. The van der Waals surface area contributed by atoms with E-state index in [-0.39, 0.29) is 18.3 Å². The Bertz CT molecular complexity index is 669. The predicted molar refractivity (Wildman–Crippen MR) is 74.3 cm³/mol. The minimum Gasteiger partial charge on any atom is -0.482 e. The van der Waals surface area contributed by atoms with Gasteiger partial charge in [0.25, 0.3) is 5.91 Å². The summed E-state index contributed by atoms with van der Waals surface area (Å²) in [6, 6.07) is 12.0. The third-order valence-electron chi connectivity index (χ3n) is 3.29. The van der Waals surface area contributed by atoms with E-state index < -0.39 is 0 Å². The first-order chi connectivity index (χ1) is 9.63. The second-order valence-electron chi connectivity index (χ2n) is 4.87. The smallest absolute Gasteiger partial charge is 0.265 e. The molecule has 1 amide bonds. The number of amides is 1. The third-order valence-corrected chi connectivity index (χ3v) is 3.29. The van der Waals surface area contributed by atoms with Gasteiger partial charge in [0.05, 0.1) is 12.2 Å². The minimum atomic E-state index is -0.299. The second-order valence-corrected chi connectivity index (χ2v) is 4.87. The van der Waals surface area contributed by atoms with Crippen LogP contribution in [0.4, 0.5) is 10.1 Å². The molecular formula is C16H14FNO2. The molecule has 0 fully saturated rings. The van der Waals surface area contributed by atoms with Crippen LogP contribution in [0.1, 0.15) is 11.1 Å². The van der Waals surface area contributed by atoms with Crippen LogP contribution in [-0.4, -0.2) is 12.5 Å². The van der Waals surface area contributed by atoms with E-state index in [2.05, 4.69) is 0 Å². The van der Waals surface area contributed by atoms with E-state index in [0.29, 0.717) is 12.3 Å². The number of fused-ring (bicyclic) bond motifs is 1. The van der Waals surface area contributed by atoms with Crippen molar-refractivity contribution in [3.63, 3.8) is 0 Å². The van der Waals surface area contributed by atoms with Gasteiger partial charge in [0.15, 0.2) is 6.61 Å². The fourth-order valence-electron chi connectivity index (χ4n) is 2.30. The van der Waals surface area contributed by atoms with E-state index in [9.17, 15) is 9.18 Å². The molecule has 0 N–H and O–H groups in total. The Hall–Kier alpha value is -2.36. The number of carbonyl (C=O) groups is 1. The maximum absolute atomic E-state index is 13.2. The molecule has 0 aromatic heterocycles. The molecule has 0 atom stereocenters. The molecule has 3 rings (SSSR count). The van der Waals surface area contributed by atoms with E-state index in [0.717, 1.165) is 16.8 Å². The molecule has 0 radical (unpaired) electrons. The van der Waals surface area contributed by atoms with Crippen LogP contribution in [-0.2, 0) is 11.3 Å². The van der Waals surface area contributed by atoms with Gasteiger partial charge in [-0.15, -0.1) is 0 Å². The quantitative estimate of drug-likeness (QED) is 0.840. The number of hydrogen-bond acceptors (Lipinski definition) is 2. The fraction of sp³-hybridized carbons (Fsp3) is 0.188. The summed E-state index contributed by atoms with van der Waals surface area (Å²) in [4.78, 5) is 13.7. The van der Waals surface area contributed by atoms with Gasteiger partial charge in [-0.05, 0) is 42.3 Å². The molecule has 3 nitrogen and oxygen atoms in total. The predicted octanol–water partition coefficient (Wildman–Crippen LogP) is 3.06. The van der Waals surface area contributed by atoms with Gasteiger partial charge in [0.2, 0.25) is 0 Å². The maximum Gasteiger partial charge on any atom is 0.265 e. The van der Waals surface area contributed by atoms with E-state index in [1.807, 2.05) is 25.1 Å². The highest BCUT2D eigenvalue weighted by atomic mass is 19.1. The monoisotopic (exact) mass is 271 g/mol. The van der Waals surface area contributed by atoms with Gasteiger partial charge in [-0.1, -0.05) is 18.2 Å². The van der Waals surface area contributed by atoms with Gasteiger partial charge < -0.3 is 9.64 Å². The number of aryl methyl sites for hydroxylation is 1. The van der Waals surface area contributed by atoms with Gasteiger partial charge in [-0.25, -0.2) is 4.39 Å². The minimum absolute atomic E-state index is 0.0196. The van der Waals surface area contributed by atoms with Gasteiger partial charge in [0.1, 0.15) is 11.6 Å². The Kier molecular flexibility index (Phi) is 3.14. The second kappa shape index (κ2) is 4.96. The van der Waals surface area contributed by atoms with Crippen LogP contribution in [0.5, 0.6) is 5.75 Å². The Morgan fingerprint density at radius 1 is 1.25 bits per heavy atom. The Labute approximate surface area is 116 Å². The molecule has 0 aliphatic carbocycles. The lowest BCUT2D eigenvalue weighted by Gasteiger charge is -2.29. The number of rotatable bonds is 2. The molecule has 102 valence electrons. The van der Waals surface area contributed by atoms with E-state index in [4.69, 9.17) is 4.74 Å². The highest BCUT2D eigenvalue weighted by Gasteiger charge is 2.25. The van der Waals surface area contributed by atoms with Crippen LogP contribution >= 0.6 is 0 Å². The number of anilines is 1. The summed E-state index contributed by atoms with van der Waals surface area (Å²) in [5, 5.41) is 0. The fourth-order valence-corrected chi connectivity index (χ4v) is 2.30. The Balaban J connectivity index is 1.95. The zero-order valence-corrected chi connectivity index (χ0v) is 11.1. The standard InChI is InChI=1S/C16H14FNO2/c1-11-5-6-14-15(7-11)20-10-16(19)18(14)9-12-3-2-4-13(17)8-12/h2-8H,9-10H2,1H3. The zero-order chi connectivity index (χ0) is 14.1. The molecule has 0 saturated heterocycles. The highest BCUT2D eigenvalue weighted by molar-refractivity contribution is 5.97. The largest absolute Gasteiger partial charge is 0.482 e. The Morgan fingerprint density at radius 3 is 2.90 bits per heavy atom. The normalized spacial score (nSPS) is 13.9. The van der Waals surface area contributed by atoms with Gasteiger partial charge >= 0.3 is 0 Å². The van der Waals surface area contributed by atoms with Crippen LogP contribution in [0.3, 0.4) is 0 Å². The zero-order valence-electron chi connectivity index (χ0n) is 11.1. The lowest BCUT2D eigenvalue weighted by molar-refractivity contribution is -0.121. The summed E-state index contributed by atoms with van der Waals surface area (Å²) in [5.74, 6) is 0.277. The number of ether oxygens (including phenoxy) is 1. The average Bonchev–Trinajstić information content (AvgIpc) is 2.42. The number of benzene rings is 2. The summed E-state index contributed by atoms with van der Waals surface area (Å²) >= 11 is 0. The summed E-state index contributed by atoms with van der Waals surface area (Å²) in [7, 11) is 0. The lowest BCUT2D eigenvalue weighted by atomic mass is 10.1. The third kappa shape index (κ3) is 2.37. The van der Waals surface area contributed by atoms with Gasteiger partial charge in [-0.2, -0.15) is 0 Å². The average molecular weight is 271 g/mol. The first-order valence-corrected chi connectivity index (χ1v) is 6.42. The van der Waals surface area contributed by atoms with Crippen LogP contribution < -0.4 is 9.64 Å². The molecule has 2 aromatic carbocycles. The number of nitrogens with zero attached hydrogens (tertiary/aromatic N) is 1. The molecular weight excluding hydrogens is 257 g/mol. The SMILES string of the molecule is Cc1ccc2c(c1)OCC(=O)N2Cc1cccc(F)c1. The molecule has 2 aromatic rings. The van der Waals surface area contributed by atoms with Gasteiger partial charge in [0, 0.05) is 0 Å². The molecule has 4 heteroatoms. The summed E-state index contributed by atoms with van der Waals surface area (Å²) in [6.45, 7) is 2.33. The van der Waals surface area contributed by atoms with Crippen molar-refractivity contribution in [2.75, 3.05) is 11.5 Å². The van der Waals surface area contributed by atoms with Crippen molar-refractivity contribution in [2.45, 2.75) is 13.5 Å². The first-order valence-electron chi connectivity index (χ1n) is 6.42. The number of hydrogen-bond donors (Lipinski definition) is 0. The van der Waals surface area contributed by atoms with Crippen molar-refractivity contribution in [2.24, 2.45) is 0 Å². The molecule has 0 bridgehead atoms. The number of carbonyl (C=O) groups excluding carboxylic acids is 1. The van der Waals surface area contributed by atoms with Crippen LogP contribution in [0.2, 0.25) is 0 Å². The van der Waals surface area contributed by atoms with Crippen LogP contribution in [0, 0.1) is 12.7 Å². The summed E-state index contributed by atoms with van der Waals surface area (Å²) in [6.07, 6.45) is 0. The first kappa shape index (κ1) is 12.7. The molecule has 1 aliphatic rings. The Morgan fingerprint density at radius 2 is 2.10 bits per heavy atom. The van der Waals surface area contributed by atoms with E-state index in [1.165, 1.54) is 12.1 Å². The van der Waals surface area contributed by atoms with E-state index in [1.54, 1.807) is 17.0 Å². The molecule has 1 heterocycles. The van der Waals surface area contributed by atoms with Crippen LogP contribution in [0.25, 0.3) is 0 Å². The van der Waals surface area contributed by atoms with Crippen molar-refractivity contribution in [1.82, 2.24) is 0 Å². The molecule has 20 heavy (non-hydrogen) atoms.